The zero-order valence-electron chi connectivity index (χ0n) is 10.7. The summed E-state index contributed by atoms with van der Waals surface area (Å²) in [5.74, 6) is 0. The average Bonchev–Trinajstić information content (AvgIpc) is 2.69. The summed E-state index contributed by atoms with van der Waals surface area (Å²) in [7, 11) is 0. The highest BCUT2D eigenvalue weighted by molar-refractivity contribution is 9.11. The lowest BCUT2D eigenvalue weighted by molar-refractivity contribution is 0.670. The van der Waals surface area contributed by atoms with Crippen molar-refractivity contribution in [1.82, 2.24) is 0 Å². The number of nitrogens with two attached hydrogens (primary N) is 1. The van der Waals surface area contributed by atoms with Crippen molar-refractivity contribution in [2.24, 2.45) is 5.73 Å². The maximum atomic E-state index is 6.23. The number of thiophene rings is 1. The molecule has 1 aromatic heterocycles. The molecule has 0 aliphatic heterocycles. The third kappa shape index (κ3) is 3.67. The summed E-state index contributed by atoms with van der Waals surface area (Å²) < 4.78 is 1.18. The molecule has 18 heavy (non-hydrogen) atoms. The fourth-order valence-electron chi connectivity index (χ4n) is 2.03. The molecule has 1 heterocycles. The Labute approximate surface area is 121 Å². The van der Waals surface area contributed by atoms with E-state index in [1.807, 2.05) is 0 Å². The molecular formula is C15H18BrNS. The lowest BCUT2D eigenvalue weighted by Crippen LogP contribution is -2.25. The van der Waals surface area contributed by atoms with Gasteiger partial charge in [-0.05, 0) is 71.4 Å². The summed E-state index contributed by atoms with van der Waals surface area (Å²) in [5, 5.41) is 0. The Kier molecular flexibility index (Phi) is 4.60. The van der Waals surface area contributed by atoms with Gasteiger partial charge in [-0.3, -0.25) is 0 Å². The van der Waals surface area contributed by atoms with Gasteiger partial charge in [-0.1, -0.05) is 18.2 Å². The van der Waals surface area contributed by atoms with Gasteiger partial charge in [-0.25, -0.2) is 0 Å². The van der Waals surface area contributed by atoms with E-state index in [0.717, 1.165) is 12.8 Å². The molecule has 0 aliphatic rings. The van der Waals surface area contributed by atoms with Crippen LogP contribution < -0.4 is 5.73 Å². The first kappa shape index (κ1) is 13.8. The molecule has 1 nitrogen and oxygen atoms in total. The van der Waals surface area contributed by atoms with E-state index < -0.39 is 0 Å². The molecule has 0 aliphatic carbocycles. The topological polar surface area (TPSA) is 26.0 Å². The van der Waals surface area contributed by atoms with Gasteiger partial charge in [0.2, 0.25) is 0 Å². The number of hydrogen-bond acceptors (Lipinski definition) is 2. The van der Waals surface area contributed by atoms with Gasteiger partial charge in [0.25, 0.3) is 0 Å². The van der Waals surface area contributed by atoms with Crippen LogP contribution in [-0.4, -0.2) is 6.04 Å². The Morgan fingerprint density at radius 2 is 1.89 bits per heavy atom. The van der Waals surface area contributed by atoms with Gasteiger partial charge in [0.05, 0.1) is 3.79 Å². The summed E-state index contributed by atoms with van der Waals surface area (Å²) in [6.07, 6.45) is 1.89. The number of hydrogen-bond donors (Lipinski definition) is 1. The monoisotopic (exact) mass is 323 g/mol. The van der Waals surface area contributed by atoms with Crippen molar-refractivity contribution in [1.29, 1.82) is 0 Å². The van der Waals surface area contributed by atoms with E-state index in [0.29, 0.717) is 0 Å². The van der Waals surface area contributed by atoms with Crippen LogP contribution in [0.25, 0.3) is 0 Å². The molecule has 2 N–H and O–H groups in total. The van der Waals surface area contributed by atoms with E-state index >= 15 is 0 Å². The third-order valence-electron chi connectivity index (χ3n) is 3.16. The highest BCUT2D eigenvalue weighted by atomic mass is 79.9. The minimum atomic E-state index is 0.192. The van der Waals surface area contributed by atoms with Crippen molar-refractivity contribution < 1.29 is 0 Å². The molecule has 2 aromatic rings. The van der Waals surface area contributed by atoms with Gasteiger partial charge in [-0.2, -0.15) is 0 Å². The molecule has 0 radical (unpaired) electrons. The zero-order chi connectivity index (χ0) is 13.1. The van der Waals surface area contributed by atoms with Crippen molar-refractivity contribution in [3.63, 3.8) is 0 Å². The van der Waals surface area contributed by atoms with Gasteiger partial charge >= 0.3 is 0 Å². The molecule has 0 bridgehead atoms. The molecule has 96 valence electrons. The second-order valence-corrected chi connectivity index (χ2v) is 7.34. The van der Waals surface area contributed by atoms with Gasteiger partial charge in [0, 0.05) is 10.9 Å². The molecule has 2 rings (SSSR count). The normalized spacial score (nSPS) is 12.7. The van der Waals surface area contributed by atoms with Gasteiger partial charge in [-0.15, -0.1) is 11.3 Å². The van der Waals surface area contributed by atoms with E-state index in [4.69, 9.17) is 5.73 Å². The van der Waals surface area contributed by atoms with E-state index in [-0.39, 0.29) is 6.04 Å². The molecule has 0 spiro atoms. The first-order valence-electron chi connectivity index (χ1n) is 6.10. The minimum Gasteiger partial charge on any atom is -0.327 e. The Hall–Kier alpha value is -0.640. The van der Waals surface area contributed by atoms with Crippen LogP contribution in [0.5, 0.6) is 0 Å². The fourth-order valence-corrected chi connectivity index (χ4v) is 3.60. The number of aryl methyl sites for hydroxylation is 2. The number of rotatable bonds is 4. The molecule has 3 heteroatoms. The van der Waals surface area contributed by atoms with Crippen LogP contribution in [0.4, 0.5) is 0 Å². The molecule has 0 amide bonds. The lowest BCUT2D eigenvalue weighted by atomic mass is 9.99. The van der Waals surface area contributed by atoms with E-state index in [1.54, 1.807) is 11.3 Å². The molecule has 0 saturated carbocycles. The highest BCUT2D eigenvalue weighted by Crippen LogP contribution is 2.23. The Morgan fingerprint density at radius 3 is 2.50 bits per heavy atom. The summed E-state index contributed by atoms with van der Waals surface area (Å²) in [4.78, 5) is 1.35. The maximum Gasteiger partial charge on any atom is 0.0701 e. The van der Waals surface area contributed by atoms with Crippen LogP contribution in [-0.2, 0) is 12.8 Å². The summed E-state index contributed by atoms with van der Waals surface area (Å²) >= 11 is 5.25. The van der Waals surface area contributed by atoms with Crippen LogP contribution in [0.15, 0.2) is 34.1 Å². The molecule has 0 fully saturated rings. The number of halogens is 1. The summed E-state index contributed by atoms with van der Waals surface area (Å²) in [6.45, 7) is 4.29. The van der Waals surface area contributed by atoms with Crippen LogP contribution in [0.3, 0.4) is 0 Å². The Bertz CT molecular complexity index is 533. The SMILES string of the molecule is Cc1ccc(CC(N)Cc2ccc(Br)s2)cc1C. The Balaban J connectivity index is 1.98. The van der Waals surface area contributed by atoms with Gasteiger partial charge < -0.3 is 5.73 Å². The summed E-state index contributed by atoms with van der Waals surface area (Å²) in [6, 6.07) is 11.0. The van der Waals surface area contributed by atoms with Gasteiger partial charge in [0.1, 0.15) is 0 Å². The summed E-state index contributed by atoms with van der Waals surface area (Å²) in [5.41, 5.74) is 10.2. The highest BCUT2D eigenvalue weighted by Gasteiger charge is 2.08. The zero-order valence-corrected chi connectivity index (χ0v) is 13.1. The molecular weight excluding hydrogens is 306 g/mol. The van der Waals surface area contributed by atoms with Crippen LogP contribution in [0, 0.1) is 13.8 Å². The van der Waals surface area contributed by atoms with Crippen LogP contribution in [0.1, 0.15) is 21.6 Å². The standard InChI is InChI=1S/C15H18BrNS/c1-10-3-4-12(7-11(10)2)8-13(17)9-14-5-6-15(16)18-14/h3-7,13H,8-9,17H2,1-2H3. The largest absolute Gasteiger partial charge is 0.327 e. The lowest BCUT2D eigenvalue weighted by Gasteiger charge is -2.11. The van der Waals surface area contributed by atoms with E-state index in [1.165, 1.54) is 25.4 Å². The molecule has 0 saturated heterocycles. The van der Waals surface area contributed by atoms with E-state index in [9.17, 15) is 0 Å². The van der Waals surface area contributed by atoms with Gasteiger partial charge in [0.15, 0.2) is 0 Å². The predicted octanol–water partition coefficient (Wildman–Crippen LogP) is 4.24. The molecule has 1 aromatic carbocycles. The van der Waals surface area contributed by atoms with Crippen molar-refractivity contribution in [2.45, 2.75) is 32.7 Å². The minimum absolute atomic E-state index is 0.192. The Morgan fingerprint density at radius 1 is 1.11 bits per heavy atom. The second-order valence-electron chi connectivity index (χ2n) is 4.79. The quantitative estimate of drug-likeness (QED) is 0.894. The van der Waals surface area contributed by atoms with Crippen molar-refractivity contribution in [2.75, 3.05) is 0 Å². The third-order valence-corrected chi connectivity index (χ3v) is 4.81. The first-order valence-corrected chi connectivity index (χ1v) is 7.71. The fraction of sp³-hybridized carbons (Fsp3) is 0.333. The predicted molar refractivity (Wildman–Crippen MR) is 83.3 cm³/mol. The van der Waals surface area contributed by atoms with Crippen molar-refractivity contribution in [3.05, 3.63) is 55.7 Å². The number of benzene rings is 1. The molecule has 1 unspecified atom stereocenters. The maximum absolute atomic E-state index is 6.23. The molecule has 1 atom stereocenters. The first-order chi connectivity index (χ1) is 8.54. The van der Waals surface area contributed by atoms with Crippen molar-refractivity contribution in [3.8, 4) is 0 Å². The average molecular weight is 324 g/mol. The smallest absolute Gasteiger partial charge is 0.0701 e. The van der Waals surface area contributed by atoms with E-state index in [2.05, 4.69) is 60.1 Å². The van der Waals surface area contributed by atoms with Crippen molar-refractivity contribution >= 4 is 27.3 Å². The second kappa shape index (κ2) is 6.00. The van der Waals surface area contributed by atoms with Crippen LogP contribution in [0.2, 0.25) is 0 Å². The van der Waals surface area contributed by atoms with Crippen LogP contribution >= 0.6 is 27.3 Å².